The van der Waals surface area contributed by atoms with Crippen LogP contribution in [-0.4, -0.2) is 19.6 Å². The Bertz CT molecular complexity index is 470. The van der Waals surface area contributed by atoms with Crippen molar-refractivity contribution in [1.82, 2.24) is 5.32 Å². The largest absolute Gasteiger partial charge is 0.371 e. The van der Waals surface area contributed by atoms with Gasteiger partial charge in [0.1, 0.15) is 6.07 Å². The minimum absolute atomic E-state index is 0.603. The van der Waals surface area contributed by atoms with Gasteiger partial charge in [0.2, 0.25) is 0 Å². The second kappa shape index (κ2) is 7.31. The maximum Gasteiger partial charge on any atom is 0.101 e. The van der Waals surface area contributed by atoms with E-state index < -0.39 is 0 Å². The van der Waals surface area contributed by atoms with Crippen LogP contribution in [0.25, 0.3) is 0 Å². The van der Waals surface area contributed by atoms with Gasteiger partial charge in [-0.05, 0) is 43.5 Å². The molecule has 0 radical (unpaired) electrons. The number of rotatable bonds is 6. The van der Waals surface area contributed by atoms with Gasteiger partial charge in [-0.1, -0.05) is 25.8 Å². The summed E-state index contributed by atoms with van der Waals surface area (Å²) in [6, 6.07) is 9.25. The molecule has 1 N–H and O–H groups in total. The van der Waals surface area contributed by atoms with Crippen LogP contribution >= 0.6 is 0 Å². The first-order chi connectivity index (χ1) is 9.76. The summed E-state index contributed by atoms with van der Waals surface area (Å²) < 4.78 is 0. The zero-order chi connectivity index (χ0) is 14.4. The Morgan fingerprint density at radius 1 is 1.35 bits per heavy atom. The van der Waals surface area contributed by atoms with Crippen molar-refractivity contribution < 1.29 is 0 Å². The van der Waals surface area contributed by atoms with E-state index in [1.165, 1.54) is 31.2 Å². The van der Waals surface area contributed by atoms with Gasteiger partial charge in [0.05, 0.1) is 11.3 Å². The number of benzene rings is 1. The lowest BCUT2D eigenvalue weighted by Gasteiger charge is -2.27. The lowest BCUT2D eigenvalue weighted by Crippen LogP contribution is -2.29. The third kappa shape index (κ3) is 3.52. The van der Waals surface area contributed by atoms with Gasteiger partial charge in [0.15, 0.2) is 0 Å². The molecule has 1 aliphatic carbocycles. The molecule has 1 aliphatic rings. The van der Waals surface area contributed by atoms with Crippen LogP contribution in [0.4, 0.5) is 5.69 Å². The molecule has 20 heavy (non-hydrogen) atoms. The van der Waals surface area contributed by atoms with Gasteiger partial charge in [0.25, 0.3) is 0 Å². The van der Waals surface area contributed by atoms with Crippen LogP contribution in [0, 0.1) is 11.3 Å². The van der Waals surface area contributed by atoms with E-state index in [0.717, 1.165) is 30.8 Å². The molecular weight excluding hydrogens is 246 g/mol. The molecule has 0 aliphatic heterocycles. The highest BCUT2D eigenvalue weighted by Crippen LogP contribution is 2.29. The highest BCUT2D eigenvalue weighted by atomic mass is 15.1. The molecule has 3 nitrogen and oxygen atoms in total. The molecule has 1 saturated carbocycles. The number of nitrogens with zero attached hydrogens (tertiary/aromatic N) is 2. The van der Waals surface area contributed by atoms with Crippen LogP contribution in [0.1, 0.15) is 50.2 Å². The van der Waals surface area contributed by atoms with Crippen molar-refractivity contribution in [3.05, 3.63) is 29.3 Å². The second-order valence-corrected chi connectivity index (χ2v) is 5.69. The van der Waals surface area contributed by atoms with Gasteiger partial charge in [-0.25, -0.2) is 0 Å². The number of anilines is 1. The fraction of sp³-hybridized carbons (Fsp3) is 0.588. The predicted molar refractivity (Wildman–Crippen MR) is 83.8 cm³/mol. The van der Waals surface area contributed by atoms with Crippen molar-refractivity contribution in [2.75, 3.05) is 18.5 Å². The Balaban J connectivity index is 2.11. The molecule has 1 fully saturated rings. The zero-order valence-electron chi connectivity index (χ0n) is 12.7. The Morgan fingerprint density at radius 3 is 2.75 bits per heavy atom. The Labute approximate surface area is 122 Å². The predicted octanol–water partition coefficient (Wildman–Crippen LogP) is 3.44. The highest BCUT2D eigenvalue weighted by Gasteiger charge is 2.21. The summed E-state index contributed by atoms with van der Waals surface area (Å²) in [7, 11) is 2.13. The van der Waals surface area contributed by atoms with E-state index in [1.54, 1.807) is 0 Å². The zero-order valence-corrected chi connectivity index (χ0v) is 12.7. The van der Waals surface area contributed by atoms with E-state index in [-0.39, 0.29) is 0 Å². The normalized spacial score (nSPS) is 15.2. The summed E-state index contributed by atoms with van der Waals surface area (Å²) in [6.45, 7) is 4.02. The molecule has 0 atom stereocenters. The molecule has 1 aromatic carbocycles. The van der Waals surface area contributed by atoms with E-state index in [0.29, 0.717) is 6.04 Å². The highest BCUT2D eigenvalue weighted by molar-refractivity contribution is 5.60. The van der Waals surface area contributed by atoms with Crippen molar-refractivity contribution in [2.45, 2.75) is 51.6 Å². The molecular formula is C17H25N3. The molecule has 108 valence electrons. The Kier molecular flexibility index (Phi) is 5.43. The summed E-state index contributed by atoms with van der Waals surface area (Å²) in [6.07, 6.45) is 6.27. The maximum atomic E-state index is 9.41. The van der Waals surface area contributed by atoms with E-state index in [1.807, 2.05) is 6.07 Å². The number of hydrogen-bond donors (Lipinski definition) is 1. The van der Waals surface area contributed by atoms with Crippen LogP contribution < -0.4 is 10.2 Å². The minimum Gasteiger partial charge on any atom is -0.371 e. The van der Waals surface area contributed by atoms with Gasteiger partial charge in [-0.2, -0.15) is 5.26 Å². The molecule has 2 rings (SSSR count). The second-order valence-electron chi connectivity index (χ2n) is 5.69. The molecule has 0 amide bonds. The van der Waals surface area contributed by atoms with E-state index >= 15 is 0 Å². The molecule has 3 heteroatoms. The number of nitrogens with one attached hydrogen (secondary N) is 1. The average molecular weight is 271 g/mol. The number of nitriles is 1. The first-order valence-electron chi connectivity index (χ1n) is 7.72. The van der Waals surface area contributed by atoms with Crippen molar-refractivity contribution in [2.24, 2.45) is 0 Å². The van der Waals surface area contributed by atoms with Gasteiger partial charge in [-0.15, -0.1) is 0 Å². The molecule has 0 spiro atoms. The van der Waals surface area contributed by atoms with E-state index in [9.17, 15) is 5.26 Å². The molecule has 0 bridgehead atoms. The van der Waals surface area contributed by atoms with Crippen molar-refractivity contribution >= 4 is 5.69 Å². The fourth-order valence-electron chi connectivity index (χ4n) is 2.99. The van der Waals surface area contributed by atoms with Crippen molar-refractivity contribution in [3.63, 3.8) is 0 Å². The SMILES string of the molecule is CCCNCc1ccc(N(C)C2CCCC2)c(C#N)c1. The molecule has 0 saturated heterocycles. The number of hydrogen-bond acceptors (Lipinski definition) is 3. The van der Waals surface area contributed by atoms with Gasteiger partial charge >= 0.3 is 0 Å². The molecule has 0 unspecified atom stereocenters. The lowest BCUT2D eigenvalue weighted by molar-refractivity contribution is 0.651. The van der Waals surface area contributed by atoms with Gasteiger partial charge in [-0.3, -0.25) is 0 Å². The Hall–Kier alpha value is -1.53. The maximum absolute atomic E-state index is 9.41. The van der Waals surface area contributed by atoms with Crippen LogP contribution in [-0.2, 0) is 6.54 Å². The first kappa shape index (κ1) is 14.9. The summed E-state index contributed by atoms with van der Waals surface area (Å²) in [5, 5.41) is 12.8. The summed E-state index contributed by atoms with van der Waals surface area (Å²) in [5.41, 5.74) is 3.08. The third-order valence-corrected chi connectivity index (χ3v) is 4.19. The molecule has 0 aromatic heterocycles. The lowest BCUT2D eigenvalue weighted by atomic mass is 10.1. The first-order valence-corrected chi connectivity index (χ1v) is 7.72. The van der Waals surface area contributed by atoms with Crippen LogP contribution in [0.2, 0.25) is 0 Å². The smallest absolute Gasteiger partial charge is 0.101 e. The minimum atomic E-state index is 0.603. The third-order valence-electron chi connectivity index (χ3n) is 4.19. The van der Waals surface area contributed by atoms with E-state index in [4.69, 9.17) is 0 Å². The van der Waals surface area contributed by atoms with Crippen molar-refractivity contribution in [1.29, 1.82) is 5.26 Å². The van der Waals surface area contributed by atoms with Crippen LogP contribution in [0.15, 0.2) is 18.2 Å². The summed E-state index contributed by atoms with van der Waals surface area (Å²) in [4.78, 5) is 2.30. The summed E-state index contributed by atoms with van der Waals surface area (Å²) in [5.74, 6) is 0. The summed E-state index contributed by atoms with van der Waals surface area (Å²) >= 11 is 0. The van der Waals surface area contributed by atoms with Crippen molar-refractivity contribution in [3.8, 4) is 6.07 Å². The van der Waals surface area contributed by atoms with E-state index in [2.05, 4.69) is 42.4 Å². The van der Waals surface area contributed by atoms with Gasteiger partial charge in [0, 0.05) is 19.6 Å². The topological polar surface area (TPSA) is 39.1 Å². The quantitative estimate of drug-likeness (QED) is 0.806. The fourth-order valence-corrected chi connectivity index (χ4v) is 2.99. The average Bonchev–Trinajstić information content (AvgIpc) is 3.01. The molecule has 1 aromatic rings. The van der Waals surface area contributed by atoms with Crippen LogP contribution in [0.3, 0.4) is 0 Å². The standard InChI is InChI=1S/C17H25N3/c1-3-10-19-13-14-8-9-17(15(11-14)12-18)20(2)16-6-4-5-7-16/h8-9,11,16,19H,3-7,10,13H2,1-2H3. The monoisotopic (exact) mass is 271 g/mol. The Morgan fingerprint density at radius 2 is 2.10 bits per heavy atom. The van der Waals surface area contributed by atoms with Gasteiger partial charge < -0.3 is 10.2 Å². The van der Waals surface area contributed by atoms with Crippen LogP contribution in [0.5, 0.6) is 0 Å². The molecule has 0 heterocycles.